The summed E-state index contributed by atoms with van der Waals surface area (Å²) in [5, 5.41) is 12.6. The maximum atomic E-state index is 13.3. The third-order valence-corrected chi connectivity index (χ3v) is 6.64. The van der Waals surface area contributed by atoms with Crippen molar-refractivity contribution in [2.45, 2.75) is 19.4 Å². The molecule has 1 atom stereocenters. The SMILES string of the molecule is COc1ccc(CCN2C(=O)C(O)=C(C(=O)c3cccs3)C2c2ccc(C)cc2)cc1OC. The summed E-state index contributed by atoms with van der Waals surface area (Å²) in [4.78, 5) is 28.4. The van der Waals surface area contributed by atoms with Gasteiger partial charge in [0.25, 0.3) is 5.91 Å². The molecule has 2 aromatic carbocycles. The molecule has 4 rings (SSSR count). The summed E-state index contributed by atoms with van der Waals surface area (Å²) in [6, 6.07) is 16.1. The molecule has 6 nitrogen and oxygen atoms in total. The molecule has 1 aliphatic heterocycles. The first-order valence-corrected chi connectivity index (χ1v) is 11.4. The summed E-state index contributed by atoms with van der Waals surface area (Å²) in [6.45, 7) is 2.29. The van der Waals surface area contributed by atoms with Crippen molar-refractivity contribution < 1.29 is 24.2 Å². The first kappa shape index (κ1) is 22.6. The van der Waals surface area contributed by atoms with Crippen molar-refractivity contribution >= 4 is 23.0 Å². The maximum Gasteiger partial charge on any atom is 0.290 e. The minimum absolute atomic E-state index is 0.124. The van der Waals surface area contributed by atoms with Crippen molar-refractivity contribution in [3.63, 3.8) is 0 Å². The highest BCUT2D eigenvalue weighted by atomic mass is 32.1. The molecule has 1 N–H and O–H groups in total. The third-order valence-electron chi connectivity index (χ3n) is 5.78. The number of carbonyl (C=O) groups excluding carboxylic acids is 2. The van der Waals surface area contributed by atoms with E-state index < -0.39 is 17.7 Å². The fourth-order valence-electron chi connectivity index (χ4n) is 4.04. The Bertz CT molecular complexity index is 1200. The first-order valence-electron chi connectivity index (χ1n) is 10.5. The van der Waals surface area contributed by atoms with Crippen LogP contribution in [0, 0.1) is 6.92 Å². The van der Waals surface area contributed by atoms with Crippen molar-refractivity contribution in [2.24, 2.45) is 0 Å². The van der Waals surface area contributed by atoms with E-state index in [1.54, 1.807) is 36.6 Å². The Morgan fingerprint density at radius 2 is 1.79 bits per heavy atom. The van der Waals surface area contributed by atoms with Gasteiger partial charge in [-0.3, -0.25) is 9.59 Å². The van der Waals surface area contributed by atoms with Crippen LogP contribution in [-0.2, 0) is 11.2 Å². The monoisotopic (exact) mass is 463 g/mol. The van der Waals surface area contributed by atoms with Crippen molar-refractivity contribution in [3.8, 4) is 11.5 Å². The molecule has 0 aliphatic carbocycles. The Balaban J connectivity index is 1.67. The molecule has 1 aliphatic rings. The smallest absolute Gasteiger partial charge is 0.290 e. The van der Waals surface area contributed by atoms with Crippen LogP contribution in [0.4, 0.5) is 0 Å². The number of nitrogens with zero attached hydrogens (tertiary/aromatic N) is 1. The van der Waals surface area contributed by atoms with Crippen molar-refractivity contribution in [1.82, 2.24) is 4.90 Å². The number of Topliss-reactive ketones (excluding diaryl/α,β-unsaturated/α-hetero) is 1. The van der Waals surface area contributed by atoms with Gasteiger partial charge in [0.2, 0.25) is 5.78 Å². The van der Waals surface area contributed by atoms with E-state index in [9.17, 15) is 14.7 Å². The van der Waals surface area contributed by atoms with Crippen LogP contribution in [0.25, 0.3) is 0 Å². The number of hydrogen-bond acceptors (Lipinski definition) is 6. The number of aliphatic hydroxyl groups is 1. The molecule has 0 bridgehead atoms. The Morgan fingerprint density at radius 3 is 2.42 bits per heavy atom. The van der Waals surface area contributed by atoms with Crippen molar-refractivity contribution in [2.75, 3.05) is 20.8 Å². The summed E-state index contributed by atoms with van der Waals surface area (Å²) in [5.74, 6) is -0.117. The van der Waals surface area contributed by atoms with Gasteiger partial charge in [-0.15, -0.1) is 11.3 Å². The molecule has 0 saturated heterocycles. The van der Waals surface area contributed by atoms with Gasteiger partial charge >= 0.3 is 0 Å². The van der Waals surface area contributed by atoms with E-state index in [1.165, 1.54) is 11.3 Å². The van der Waals surface area contributed by atoms with E-state index in [4.69, 9.17) is 9.47 Å². The van der Waals surface area contributed by atoms with Gasteiger partial charge in [0.1, 0.15) is 0 Å². The van der Waals surface area contributed by atoms with Crippen LogP contribution in [-0.4, -0.2) is 42.5 Å². The lowest BCUT2D eigenvalue weighted by molar-refractivity contribution is -0.129. The predicted octanol–water partition coefficient (Wildman–Crippen LogP) is 4.89. The minimum atomic E-state index is -0.659. The van der Waals surface area contributed by atoms with Gasteiger partial charge in [0, 0.05) is 6.54 Å². The molecule has 0 radical (unpaired) electrons. The van der Waals surface area contributed by atoms with Gasteiger partial charge < -0.3 is 19.5 Å². The Hall–Kier alpha value is -3.58. The van der Waals surface area contributed by atoms with Crippen LogP contribution >= 0.6 is 11.3 Å². The molecule has 7 heteroatoms. The summed E-state index contributed by atoms with van der Waals surface area (Å²) in [6.07, 6.45) is 0.516. The second-order valence-electron chi connectivity index (χ2n) is 7.82. The molecule has 1 unspecified atom stereocenters. The Kier molecular flexibility index (Phi) is 6.51. The van der Waals surface area contributed by atoms with Crippen LogP contribution in [0.15, 0.2) is 71.3 Å². The highest BCUT2D eigenvalue weighted by Gasteiger charge is 2.43. The van der Waals surface area contributed by atoms with Gasteiger partial charge in [0.15, 0.2) is 17.3 Å². The Morgan fingerprint density at radius 1 is 1.06 bits per heavy atom. The van der Waals surface area contributed by atoms with Gasteiger partial charge in [-0.25, -0.2) is 0 Å². The van der Waals surface area contributed by atoms with Crippen LogP contribution in [0.5, 0.6) is 11.5 Å². The fourth-order valence-corrected chi connectivity index (χ4v) is 4.72. The molecule has 170 valence electrons. The molecule has 1 aromatic heterocycles. The zero-order valence-corrected chi connectivity index (χ0v) is 19.5. The number of methoxy groups -OCH3 is 2. The van der Waals surface area contributed by atoms with Crippen LogP contribution in [0.3, 0.4) is 0 Å². The summed E-state index contributed by atoms with van der Waals surface area (Å²) in [5.41, 5.74) is 2.92. The standard InChI is InChI=1S/C26H25NO5S/c1-16-6-9-18(10-7-16)23-22(24(28)21-5-4-14-33-21)25(29)26(30)27(23)13-12-17-8-11-19(31-2)20(15-17)32-3/h4-11,14-15,23,29H,12-13H2,1-3H3. The molecule has 1 amide bonds. The molecular formula is C26H25NO5S. The molecule has 2 heterocycles. The lowest BCUT2D eigenvalue weighted by atomic mass is 9.94. The number of hydrogen-bond donors (Lipinski definition) is 1. The second-order valence-corrected chi connectivity index (χ2v) is 8.77. The van der Waals surface area contributed by atoms with Crippen LogP contribution < -0.4 is 9.47 Å². The summed E-state index contributed by atoms with van der Waals surface area (Å²) >= 11 is 1.29. The van der Waals surface area contributed by atoms with Gasteiger partial charge in [-0.05, 0) is 48.1 Å². The van der Waals surface area contributed by atoms with E-state index >= 15 is 0 Å². The number of benzene rings is 2. The highest BCUT2D eigenvalue weighted by molar-refractivity contribution is 7.12. The van der Waals surface area contributed by atoms with Crippen molar-refractivity contribution in [1.29, 1.82) is 0 Å². The highest BCUT2D eigenvalue weighted by Crippen LogP contribution is 2.40. The molecule has 33 heavy (non-hydrogen) atoms. The van der Waals surface area contributed by atoms with Crippen LogP contribution in [0.2, 0.25) is 0 Å². The normalized spacial score (nSPS) is 15.8. The van der Waals surface area contributed by atoms with E-state index in [2.05, 4.69) is 0 Å². The van der Waals surface area contributed by atoms with E-state index in [1.807, 2.05) is 49.4 Å². The van der Waals surface area contributed by atoms with E-state index in [0.717, 1.165) is 16.7 Å². The zero-order chi connectivity index (χ0) is 23.5. The molecule has 0 saturated carbocycles. The number of rotatable bonds is 8. The topological polar surface area (TPSA) is 76.1 Å². The zero-order valence-electron chi connectivity index (χ0n) is 18.7. The number of amides is 1. The Labute approximate surface area is 196 Å². The molecule has 0 spiro atoms. The average molecular weight is 464 g/mol. The molecule has 0 fully saturated rings. The largest absolute Gasteiger partial charge is 0.503 e. The molecule has 3 aromatic rings. The number of thiophene rings is 1. The first-order chi connectivity index (χ1) is 15.9. The number of aliphatic hydroxyl groups excluding tert-OH is 1. The third kappa shape index (κ3) is 4.36. The number of ether oxygens (including phenoxy) is 2. The lowest BCUT2D eigenvalue weighted by Gasteiger charge is -2.27. The van der Waals surface area contributed by atoms with E-state index in [-0.39, 0.29) is 11.4 Å². The van der Waals surface area contributed by atoms with Gasteiger partial charge in [-0.1, -0.05) is 42.0 Å². The number of carbonyl (C=O) groups is 2. The predicted molar refractivity (Wildman–Crippen MR) is 127 cm³/mol. The van der Waals surface area contributed by atoms with Gasteiger partial charge in [0.05, 0.1) is 30.7 Å². The minimum Gasteiger partial charge on any atom is -0.503 e. The quantitative estimate of drug-likeness (QED) is 0.481. The summed E-state index contributed by atoms with van der Waals surface area (Å²) in [7, 11) is 3.15. The second kappa shape index (κ2) is 9.50. The molecular weight excluding hydrogens is 438 g/mol. The van der Waals surface area contributed by atoms with Crippen molar-refractivity contribution in [3.05, 3.63) is 92.9 Å². The van der Waals surface area contributed by atoms with Crippen LogP contribution in [0.1, 0.15) is 32.4 Å². The number of ketones is 1. The fraction of sp³-hybridized carbons (Fsp3) is 0.231. The van der Waals surface area contributed by atoms with E-state index in [0.29, 0.717) is 29.3 Å². The lowest BCUT2D eigenvalue weighted by Crippen LogP contribution is -2.33. The maximum absolute atomic E-state index is 13.3. The average Bonchev–Trinajstić information content (AvgIpc) is 3.45. The van der Waals surface area contributed by atoms with Gasteiger partial charge in [-0.2, -0.15) is 0 Å². The summed E-state index contributed by atoms with van der Waals surface area (Å²) < 4.78 is 10.7. The number of aryl methyl sites for hydroxylation is 1.